The first-order chi connectivity index (χ1) is 12.1. The molecule has 1 aliphatic heterocycles. The molecule has 130 valence electrons. The van der Waals surface area contributed by atoms with E-state index < -0.39 is 10.0 Å². The highest BCUT2D eigenvalue weighted by Crippen LogP contribution is 2.17. The van der Waals surface area contributed by atoms with Crippen LogP contribution < -0.4 is 0 Å². The van der Waals surface area contributed by atoms with Crippen molar-refractivity contribution in [1.82, 2.24) is 23.6 Å². The van der Waals surface area contributed by atoms with Crippen molar-refractivity contribution < 1.29 is 8.42 Å². The van der Waals surface area contributed by atoms with Crippen LogP contribution in [0.15, 0.2) is 60.0 Å². The van der Waals surface area contributed by atoms with Gasteiger partial charge in [-0.05, 0) is 24.3 Å². The highest BCUT2D eigenvalue weighted by Gasteiger charge is 2.28. The summed E-state index contributed by atoms with van der Waals surface area (Å²) in [5, 5.41) is 0. The van der Waals surface area contributed by atoms with Gasteiger partial charge < -0.3 is 4.40 Å². The molecule has 1 saturated heterocycles. The molecule has 8 heteroatoms. The van der Waals surface area contributed by atoms with E-state index >= 15 is 0 Å². The van der Waals surface area contributed by atoms with Crippen molar-refractivity contribution in [2.24, 2.45) is 0 Å². The number of hydrogen-bond donors (Lipinski definition) is 0. The number of rotatable bonds is 4. The molecule has 25 heavy (non-hydrogen) atoms. The summed E-state index contributed by atoms with van der Waals surface area (Å²) < 4.78 is 28.9. The van der Waals surface area contributed by atoms with Gasteiger partial charge >= 0.3 is 0 Å². The maximum atomic E-state index is 12.6. The lowest BCUT2D eigenvalue weighted by Gasteiger charge is -2.33. The minimum atomic E-state index is -3.46. The molecule has 0 radical (unpaired) electrons. The third kappa shape index (κ3) is 3.15. The van der Waals surface area contributed by atoms with E-state index in [0.29, 0.717) is 26.2 Å². The third-order valence-corrected chi connectivity index (χ3v) is 6.36. The standard InChI is InChI=1S/C17H19N5O2S/c23-25(24,16-4-3-6-18-13-16)21-10-8-20(9-11-21)14-15-12-19-17-5-1-2-7-22(15)17/h1-7,12-13H,8-11,14H2. The summed E-state index contributed by atoms with van der Waals surface area (Å²) in [6.45, 7) is 3.10. The number of piperazine rings is 1. The Morgan fingerprint density at radius 2 is 1.84 bits per heavy atom. The van der Waals surface area contributed by atoms with Gasteiger partial charge in [0.2, 0.25) is 10.0 Å². The van der Waals surface area contributed by atoms with Gasteiger partial charge in [-0.3, -0.25) is 9.88 Å². The number of fused-ring (bicyclic) bond motifs is 1. The summed E-state index contributed by atoms with van der Waals surface area (Å²) in [5.41, 5.74) is 2.04. The fraction of sp³-hybridized carbons (Fsp3) is 0.294. The SMILES string of the molecule is O=S(=O)(c1cccnc1)N1CCN(Cc2cnc3ccccn23)CC1. The van der Waals surface area contributed by atoms with Crippen molar-refractivity contribution >= 4 is 15.7 Å². The van der Waals surface area contributed by atoms with Crippen LogP contribution in [0.4, 0.5) is 0 Å². The van der Waals surface area contributed by atoms with Crippen molar-refractivity contribution in [3.05, 3.63) is 60.8 Å². The topological polar surface area (TPSA) is 70.8 Å². The zero-order valence-electron chi connectivity index (χ0n) is 13.7. The first kappa shape index (κ1) is 16.2. The molecule has 0 aromatic carbocycles. The van der Waals surface area contributed by atoms with Gasteiger partial charge in [-0.25, -0.2) is 13.4 Å². The normalized spacial score (nSPS) is 17.1. The zero-order chi connectivity index (χ0) is 17.3. The number of pyridine rings is 2. The molecule has 7 nitrogen and oxygen atoms in total. The first-order valence-electron chi connectivity index (χ1n) is 8.18. The molecular weight excluding hydrogens is 338 g/mol. The largest absolute Gasteiger partial charge is 0.303 e. The van der Waals surface area contributed by atoms with Gasteiger partial charge in [0.1, 0.15) is 10.5 Å². The fourth-order valence-electron chi connectivity index (χ4n) is 3.11. The number of imidazole rings is 1. The van der Waals surface area contributed by atoms with Crippen LogP contribution >= 0.6 is 0 Å². The van der Waals surface area contributed by atoms with Crippen LogP contribution in [0, 0.1) is 0 Å². The van der Waals surface area contributed by atoms with Crippen LogP contribution in [-0.2, 0) is 16.6 Å². The van der Waals surface area contributed by atoms with Crippen LogP contribution in [0.2, 0.25) is 0 Å². The highest BCUT2D eigenvalue weighted by atomic mass is 32.2. The van der Waals surface area contributed by atoms with Gasteiger partial charge in [-0.2, -0.15) is 4.31 Å². The Kier molecular flexibility index (Phi) is 4.24. The molecular formula is C17H19N5O2S. The molecule has 4 heterocycles. The Bertz CT molecular complexity index is 963. The second kappa shape index (κ2) is 6.55. The molecule has 1 fully saturated rings. The Morgan fingerprint density at radius 1 is 1.00 bits per heavy atom. The summed E-state index contributed by atoms with van der Waals surface area (Å²) in [4.78, 5) is 10.8. The van der Waals surface area contributed by atoms with Gasteiger partial charge in [-0.1, -0.05) is 6.07 Å². The van der Waals surface area contributed by atoms with E-state index in [9.17, 15) is 8.42 Å². The number of sulfonamides is 1. The van der Waals surface area contributed by atoms with Crippen molar-refractivity contribution in [1.29, 1.82) is 0 Å². The van der Waals surface area contributed by atoms with Crippen molar-refractivity contribution in [2.75, 3.05) is 26.2 Å². The monoisotopic (exact) mass is 357 g/mol. The molecule has 0 amide bonds. The summed E-state index contributed by atoms with van der Waals surface area (Å²) in [6.07, 6.45) is 6.86. The molecule has 0 saturated carbocycles. The maximum Gasteiger partial charge on any atom is 0.244 e. The van der Waals surface area contributed by atoms with Crippen LogP contribution in [0.5, 0.6) is 0 Å². The van der Waals surface area contributed by atoms with Gasteiger partial charge in [0, 0.05) is 51.3 Å². The summed E-state index contributed by atoms with van der Waals surface area (Å²) in [7, 11) is -3.46. The van der Waals surface area contributed by atoms with Gasteiger partial charge in [0.05, 0.1) is 11.9 Å². The maximum absolute atomic E-state index is 12.6. The molecule has 0 atom stereocenters. The lowest BCUT2D eigenvalue weighted by molar-refractivity contribution is 0.179. The van der Waals surface area contributed by atoms with E-state index in [1.54, 1.807) is 18.3 Å². The smallest absolute Gasteiger partial charge is 0.244 e. The summed E-state index contributed by atoms with van der Waals surface area (Å²) >= 11 is 0. The van der Waals surface area contributed by atoms with Crippen LogP contribution in [0.25, 0.3) is 5.65 Å². The Balaban J connectivity index is 1.43. The first-order valence-corrected chi connectivity index (χ1v) is 9.62. The lowest BCUT2D eigenvalue weighted by atomic mass is 10.3. The lowest BCUT2D eigenvalue weighted by Crippen LogP contribution is -2.48. The Labute approximate surface area is 146 Å². The van der Waals surface area contributed by atoms with Gasteiger partial charge in [-0.15, -0.1) is 0 Å². The average Bonchev–Trinajstić information content (AvgIpc) is 3.06. The molecule has 3 aromatic rings. The zero-order valence-corrected chi connectivity index (χ0v) is 14.5. The number of hydrogen-bond acceptors (Lipinski definition) is 5. The van der Waals surface area contributed by atoms with Crippen LogP contribution in [0.3, 0.4) is 0 Å². The van der Waals surface area contributed by atoms with E-state index in [4.69, 9.17) is 0 Å². The molecule has 1 aliphatic rings. The van der Waals surface area contributed by atoms with E-state index in [-0.39, 0.29) is 4.90 Å². The molecule has 0 aliphatic carbocycles. The number of nitrogens with zero attached hydrogens (tertiary/aromatic N) is 5. The molecule has 0 bridgehead atoms. The predicted octanol–water partition coefficient (Wildman–Crippen LogP) is 1.24. The van der Waals surface area contributed by atoms with Crippen LogP contribution in [0.1, 0.15) is 5.69 Å². The minimum absolute atomic E-state index is 0.255. The fourth-order valence-corrected chi connectivity index (χ4v) is 4.49. The van der Waals surface area contributed by atoms with E-state index in [0.717, 1.165) is 17.9 Å². The van der Waals surface area contributed by atoms with Crippen molar-refractivity contribution in [3.63, 3.8) is 0 Å². The quantitative estimate of drug-likeness (QED) is 0.702. The van der Waals surface area contributed by atoms with E-state index in [1.807, 2.05) is 30.6 Å². The van der Waals surface area contributed by atoms with Crippen molar-refractivity contribution in [3.8, 4) is 0 Å². The van der Waals surface area contributed by atoms with E-state index in [2.05, 4.69) is 19.3 Å². The van der Waals surface area contributed by atoms with Crippen LogP contribution in [-0.4, -0.2) is 58.2 Å². The Hall–Kier alpha value is -2.29. The Morgan fingerprint density at radius 3 is 2.60 bits per heavy atom. The summed E-state index contributed by atoms with van der Waals surface area (Å²) in [5.74, 6) is 0. The second-order valence-electron chi connectivity index (χ2n) is 6.05. The number of aromatic nitrogens is 3. The van der Waals surface area contributed by atoms with E-state index in [1.165, 1.54) is 10.5 Å². The predicted molar refractivity (Wildman–Crippen MR) is 93.5 cm³/mol. The molecule has 4 rings (SSSR count). The molecule has 0 spiro atoms. The molecule has 3 aromatic heterocycles. The van der Waals surface area contributed by atoms with Gasteiger partial charge in [0.25, 0.3) is 0 Å². The van der Waals surface area contributed by atoms with Gasteiger partial charge in [0.15, 0.2) is 0 Å². The second-order valence-corrected chi connectivity index (χ2v) is 7.99. The molecule has 0 unspecified atom stereocenters. The highest BCUT2D eigenvalue weighted by molar-refractivity contribution is 7.89. The molecule has 0 N–H and O–H groups in total. The minimum Gasteiger partial charge on any atom is -0.303 e. The third-order valence-electron chi connectivity index (χ3n) is 4.48. The average molecular weight is 357 g/mol. The summed E-state index contributed by atoms with van der Waals surface area (Å²) in [6, 6.07) is 9.16. The van der Waals surface area contributed by atoms with Crippen molar-refractivity contribution in [2.45, 2.75) is 11.4 Å².